The van der Waals surface area contributed by atoms with Crippen LogP contribution in [0.5, 0.6) is 0 Å². The molecule has 6 atom stereocenters. The highest BCUT2D eigenvalue weighted by atomic mass is 19.4. The van der Waals surface area contributed by atoms with Crippen molar-refractivity contribution in [2.24, 2.45) is 11.8 Å². The molecular formula is C47H58F3N7O8. The predicted molar refractivity (Wildman–Crippen MR) is 237 cm³/mol. The van der Waals surface area contributed by atoms with Crippen molar-refractivity contribution in [2.75, 3.05) is 42.8 Å². The van der Waals surface area contributed by atoms with Gasteiger partial charge in [-0.05, 0) is 110 Å². The Balaban J connectivity index is 1.23. The van der Waals surface area contributed by atoms with Crippen LogP contribution in [-0.2, 0) is 34.8 Å². The average Bonchev–Trinajstić information content (AvgIpc) is 4.08. The average molecular weight is 906 g/mol. The quantitative estimate of drug-likeness (QED) is 0.136. The van der Waals surface area contributed by atoms with Gasteiger partial charge in [0.1, 0.15) is 24.2 Å². The second-order valence-corrected chi connectivity index (χ2v) is 17.4. The van der Waals surface area contributed by atoms with Crippen molar-refractivity contribution in [1.29, 1.82) is 0 Å². The molecule has 3 aliphatic rings. The largest absolute Gasteiger partial charge is 0.453 e. The number of benzene rings is 3. The first-order chi connectivity index (χ1) is 30.9. The fraction of sp³-hybridized carbons (Fsp3) is 0.489. The Labute approximate surface area is 376 Å². The van der Waals surface area contributed by atoms with Crippen LogP contribution in [-0.4, -0.2) is 97.1 Å². The summed E-state index contributed by atoms with van der Waals surface area (Å²) in [6.45, 7) is 7.84. The van der Waals surface area contributed by atoms with Crippen molar-refractivity contribution < 1.29 is 51.4 Å². The number of likely N-dealkylation sites (tertiary alicyclic amines) is 2. The molecule has 18 heteroatoms. The number of hydrogen-bond donors (Lipinski definition) is 4. The Morgan fingerprint density at radius 1 is 0.615 bits per heavy atom. The molecular weight excluding hydrogens is 848 g/mol. The normalized spacial score (nSPS) is 20.6. The molecule has 3 heterocycles. The summed E-state index contributed by atoms with van der Waals surface area (Å²) in [7, 11) is 2.42. The van der Waals surface area contributed by atoms with E-state index in [1.807, 2.05) is 24.3 Å². The summed E-state index contributed by atoms with van der Waals surface area (Å²) in [6.07, 6.45) is -2.82. The zero-order chi connectivity index (χ0) is 47.2. The van der Waals surface area contributed by atoms with Gasteiger partial charge in [0.15, 0.2) is 0 Å². The molecule has 6 amide bonds. The minimum absolute atomic E-state index is 0.270. The number of nitrogens with zero attached hydrogens (tertiary/aromatic N) is 3. The lowest BCUT2D eigenvalue weighted by Crippen LogP contribution is -2.54. The summed E-state index contributed by atoms with van der Waals surface area (Å²) in [5.41, 5.74) is 2.28. The Morgan fingerprint density at radius 3 is 1.40 bits per heavy atom. The van der Waals surface area contributed by atoms with Gasteiger partial charge in [0.25, 0.3) is 0 Å². The van der Waals surface area contributed by atoms with E-state index < -0.39 is 48.1 Å². The number of methoxy groups -OCH3 is 2. The molecule has 4 N–H and O–H groups in total. The van der Waals surface area contributed by atoms with E-state index in [-0.39, 0.29) is 47.5 Å². The summed E-state index contributed by atoms with van der Waals surface area (Å²) in [5.74, 6) is -2.09. The first-order valence-electron chi connectivity index (χ1n) is 22.0. The maximum Gasteiger partial charge on any atom is 0.416 e. The molecule has 0 unspecified atom stereocenters. The van der Waals surface area contributed by atoms with Crippen LogP contribution in [0.3, 0.4) is 0 Å². The SMILES string of the molecule is COC(=O)N[C@H](C(=O)N1CCC[C@H]1C(=O)Nc1cccc([C@H]2CC[C@@H](c3cccc(NC(=O)[C@@H]4CCCN4C(=O)[C@@H](NC(=O)OC)C(C)C)c3)N2c2ccc(C(F)(F)F)cc2)c1)C(C)C. The minimum Gasteiger partial charge on any atom is -0.453 e. The minimum atomic E-state index is -4.54. The number of carbonyl (C=O) groups excluding carboxylic acids is 6. The first-order valence-corrected chi connectivity index (χ1v) is 22.0. The van der Waals surface area contributed by atoms with Crippen molar-refractivity contribution in [3.63, 3.8) is 0 Å². The van der Waals surface area contributed by atoms with E-state index in [4.69, 9.17) is 9.47 Å². The molecule has 3 aliphatic heterocycles. The van der Waals surface area contributed by atoms with Gasteiger partial charge in [-0.1, -0.05) is 52.0 Å². The number of anilines is 3. The van der Waals surface area contributed by atoms with Crippen LogP contribution in [0.15, 0.2) is 72.8 Å². The molecule has 0 spiro atoms. The van der Waals surface area contributed by atoms with Crippen LogP contribution in [0.2, 0.25) is 0 Å². The van der Waals surface area contributed by atoms with Crippen LogP contribution < -0.4 is 26.2 Å². The summed E-state index contributed by atoms with van der Waals surface area (Å²) in [6, 6.07) is 15.4. The van der Waals surface area contributed by atoms with Gasteiger partial charge in [0, 0.05) is 30.2 Å². The highest BCUT2D eigenvalue weighted by molar-refractivity contribution is 6.00. The van der Waals surface area contributed by atoms with Gasteiger partial charge < -0.3 is 45.4 Å². The van der Waals surface area contributed by atoms with Crippen LogP contribution in [0, 0.1) is 11.8 Å². The zero-order valence-electron chi connectivity index (χ0n) is 37.4. The molecule has 0 saturated carbocycles. The van der Waals surface area contributed by atoms with Gasteiger partial charge in [-0.2, -0.15) is 13.2 Å². The molecule has 3 fully saturated rings. The van der Waals surface area contributed by atoms with Crippen molar-refractivity contribution in [3.8, 4) is 0 Å². The van der Waals surface area contributed by atoms with Gasteiger partial charge in [-0.25, -0.2) is 9.59 Å². The third kappa shape index (κ3) is 11.1. The number of hydrogen-bond acceptors (Lipinski definition) is 9. The summed E-state index contributed by atoms with van der Waals surface area (Å²) < 4.78 is 50.7. The van der Waals surface area contributed by atoms with Gasteiger partial charge in [0.2, 0.25) is 23.6 Å². The lowest BCUT2D eigenvalue weighted by Gasteiger charge is -2.34. The molecule has 0 bridgehead atoms. The molecule has 0 aliphatic carbocycles. The Morgan fingerprint density at radius 2 is 1.03 bits per heavy atom. The van der Waals surface area contributed by atoms with E-state index in [1.165, 1.54) is 36.2 Å². The lowest BCUT2D eigenvalue weighted by atomic mass is 10.0. The number of alkyl carbamates (subject to hydrolysis) is 2. The van der Waals surface area contributed by atoms with Gasteiger partial charge in [-0.15, -0.1) is 0 Å². The summed E-state index contributed by atoms with van der Waals surface area (Å²) in [4.78, 5) is 84.0. The summed E-state index contributed by atoms with van der Waals surface area (Å²) >= 11 is 0. The monoisotopic (exact) mass is 905 g/mol. The van der Waals surface area contributed by atoms with Crippen molar-refractivity contribution >= 4 is 52.9 Å². The van der Waals surface area contributed by atoms with E-state index in [2.05, 4.69) is 26.2 Å². The molecule has 3 aromatic rings. The molecule has 6 rings (SSSR count). The van der Waals surface area contributed by atoms with Crippen LogP contribution >= 0.6 is 0 Å². The third-order valence-electron chi connectivity index (χ3n) is 12.4. The molecule has 350 valence electrons. The van der Waals surface area contributed by atoms with Crippen LogP contribution in [0.25, 0.3) is 0 Å². The second-order valence-electron chi connectivity index (χ2n) is 17.4. The smallest absolute Gasteiger partial charge is 0.416 e. The van der Waals surface area contributed by atoms with E-state index in [0.717, 1.165) is 23.3 Å². The predicted octanol–water partition coefficient (Wildman–Crippen LogP) is 7.41. The number of carbonyl (C=O) groups is 6. The summed E-state index contributed by atoms with van der Waals surface area (Å²) in [5, 5.41) is 11.1. The van der Waals surface area contributed by atoms with Crippen molar-refractivity contribution in [1.82, 2.24) is 20.4 Å². The number of alkyl halides is 3. The zero-order valence-corrected chi connectivity index (χ0v) is 37.4. The van der Waals surface area contributed by atoms with E-state index >= 15 is 0 Å². The molecule has 0 radical (unpaired) electrons. The van der Waals surface area contributed by atoms with Crippen LogP contribution in [0.1, 0.15) is 95.0 Å². The number of halogens is 3. The second kappa shape index (κ2) is 20.7. The van der Waals surface area contributed by atoms with Gasteiger partial charge in [-0.3, -0.25) is 19.2 Å². The number of amides is 6. The van der Waals surface area contributed by atoms with Crippen LogP contribution in [0.4, 0.5) is 39.8 Å². The molecule has 3 saturated heterocycles. The van der Waals surface area contributed by atoms with Gasteiger partial charge >= 0.3 is 18.4 Å². The topological polar surface area (TPSA) is 179 Å². The van der Waals surface area contributed by atoms with E-state index in [0.29, 0.717) is 68.7 Å². The molecule has 65 heavy (non-hydrogen) atoms. The number of ether oxygens (including phenoxy) is 2. The van der Waals surface area contributed by atoms with E-state index in [1.54, 1.807) is 52.0 Å². The maximum absolute atomic E-state index is 13.8. The number of rotatable bonds is 13. The Kier molecular flexibility index (Phi) is 15.3. The third-order valence-corrected chi connectivity index (χ3v) is 12.4. The Hall–Kier alpha value is -6.33. The standard InChI is InChI=1S/C47H58F3N7O8/c1-27(2)39(53-45(62)64-5)43(60)55-23-9-15-37(55)41(58)51-32-13-7-11-29(25-32)35-21-22-36(57(35)34-19-17-31(18-20-34)47(48,49)50)30-12-8-14-33(26-30)52-42(59)38-16-10-24-56(38)44(61)40(28(3)4)54-46(63)65-6/h7-8,11-14,17-20,25-28,35-40H,9-10,15-16,21-24H2,1-6H3,(H,51,58)(H,52,59)(H,53,62)(H,54,63)/t35-,36+,37-,38-,39-,40-/m0/s1. The Bertz CT molecular complexity index is 2100. The highest BCUT2D eigenvalue weighted by Crippen LogP contribution is 2.48. The lowest BCUT2D eigenvalue weighted by molar-refractivity contribution is -0.139. The first kappa shape index (κ1) is 48.1. The van der Waals surface area contributed by atoms with E-state index in [9.17, 15) is 41.9 Å². The molecule has 3 aromatic carbocycles. The highest BCUT2D eigenvalue weighted by Gasteiger charge is 2.42. The fourth-order valence-electron chi connectivity index (χ4n) is 9.11. The molecule has 15 nitrogen and oxygen atoms in total. The maximum atomic E-state index is 13.8. The fourth-order valence-corrected chi connectivity index (χ4v) is 9.11. The van der Waals surface area contributed by atoms with Crippen molar-refractivity contribution in [3.05, 3.63) is 89.5 Å². The number of nitrogens with one attached hydrogen (secondary N) is 4. The van der Waals surface area contributed by atoms with Crippen molar-refractivity contribution in [2.45, 2.75) is 109 Å². The van der Waals surface area contributed by atoms with Gasteiger partial charge in [0.05, 0.1) is 31.9 Å². The molecule has 0 aromatic heterocycles.